The summed E-state index contributed by atoms with van der Waals surface area (Å²) in [6, 6.07) is 27.2. The number of nitrogens with one attached hydrogen (secondary N) is 1. The first-order valence-electron chi connectivity index (χ1n) is 12.9. The minimum absolute atomic E-state index is 0.318. The molecule has 0 saturated carbocycles. The van der Waals surface area contributed by atoms with Gasteiger partial charge in [0.2, 0.25) is 0 Å². The molecule has 198 valence electrons. The molecule has 2 aliphatic heterocycles. The number of hydrogen-bond acceptors (Lipinski definition) is 8. The summed E-state index contributed by atoms with van der Waals surface area (Å²) < 4.78 is 19.0. The fourth-order valence-corrected chi connectivity index (χ4v) is 5.29. The summed E-state index contributed by atoms with van der Waals surface area (Å²) in [5.41, 5.74) is 5.23. The summed E-state index contributed by atoms with van der Waals surface area (Å²) in [5, 5.41) is 8.43. The number of aromatic nitrogens is 2. The second kappa shape index (κ2) is 9.46. The van der Waals surface area contributed by atoms with Gasteiger partial charge in [-0.1, -0.05) is 30.3 Å². The number of ether oxygens (including phenoxy) is 2. The highest BCUT2D eigenvalue weighted by atomic mass is 16.5. The Labute approximate surface area is 231 Å². The monoisotopic (exact) mass is 530 g/mol. The Morgan fingerprint density at radius 3 is 2.48 bits per heavy atom. The number of aliphatic imine (C=N–C) groups is 2. The van der Waals surface area contributed by atoms with E-state index in [0.29, 0.717) is 23.2 Å². The fraction of sp³-hybridized carbons (Fsp3) is 0.129. The predicted molar refractivity (Wildman–Crippen MR) is 155 cm³/mol. The summed E-state index contributed by atoms with van der Waals surface area (Å²) in [6.45, 7) is 2.01. The van der Waals surface area contributed by atoms with Crippen molar-refractivity contribution in [2.45, 2.75) is 13.0 Å². The average molecular weight is 531 g/mol. The molecule has 9 nitrogen and oxygen atoms in total. The van der Waals surface area contributed by atoms with E-state index in [4.69, 9.17) is 29.0 Å². The average Bonchev–Trinajstić information content (AvgIpc) is 3.65. The molecule has 0 unspecified atom stereocenters. The zero-order valence-corrected chi connectivity index (χ0v) is 22.2. The zero-order chi connectivity index (χ0) is 27.2. The Balaban J connectivity index is 1.47. The molecular weight excluding hydrogens is 504 g/mol. The third-order valence-corrected chi connectivity index (χ3v) is 7.11. The van der Waals surface area contributed by atoms with Gasteiger partial charge in [0.05, 0.1) is 54.5 Å². The first-order chi connectivity index (χ1) is 19.7. The van der Waals surface area contributed by atoms with E-state index in [0.717, 1.165) is 45.6 Å². The number of methoxy groups -OCH3 is 2. The van der Waals surface area contributed by atoms with Crippen LogP contribution in [0.5, 0.6) is 11.5 Å². The van der Waals surface area contributed by atoms with Crippen LogP contribution >= 0.6 is 0 Å². The van der Waals surface area contributed by atoms with Crippen molar-refractivity contribution in [3.63, 3.8) is 0 Å². The molecule has 1 N–H and O–H groups in total. The van der Waals surface area contributed by atoms with Crippen LogP contribution in [0.3, 0.4) is 0 Å². The van der Waals surface area contributed by atoms with Crippen molar-refractivity contribution in [2.24, 2.45) is 9.98 Å². The molecule has 5 aromatic rings. The largest absolute Gasteiger partial charge is 0.497 e. The van der Waals surface area contributed by atoms with Crippen LogP contribution in [0.25, 0.3) is 5.69 Å². The van der Waals surface area contributed by atoms with Gasteiger partial charge in [0.25, 0.3) is 0 Å². The summed E-state index contributed by atoms with van der Waals surface area (Å²) in [4.78, 5) is 12.4. The van der Waals surface area contributed by atoms with Crippen LogP contribution in [-0.2, 0) is 0 Å². The maximum Gasteiger partial charge on any atom is 0.179 e. The highest BCUT2D eigenvalue weighted by Crippen LogP contribution is 2.48. The molecule has 0 aliphatic carbocycles. The number of rotatable bonds is 5. The maximum absolute atomic E-state index is 6.05. The van der Waals surface area contributed by atoms with Crippen molar-refractivity contribution >= 4 is 34.6 Å². The van der Waals surface area contributed by atoms with Crippen molar-refractivity contribution in [1.82, 2.24) is 9.78 Å². The third-order valence-electron chi connectivity index (χ3n) is 7.11. The first-order valence-corrected chi connectivity index (χ1v) is 12.9. The van der Waals surface area contributed by atoms with Crippen LogP contribution in [-0.4, -0.2) is 35.7 Å². The van der Waals surface area contributed by atoms with E-state index in [9.17, 15) is 0 Å². The second-order valence-electron chi connectivity index (χ2n) is 9.43. The first kappa shape index (κ1) is 23.8. The highest BCUT2D eigenvalue weighted by molar-refractivity contribution is 6.51. The van der Waals surface area contributed by atoms with Crippen LogP contribution in [0.1, 0.15) is 23.1 Å². The van der Waals surface area contributed by atoms with Gasteiger partial charge in [0, 0.05) is 6.07 Å². The molecule has 0 amide bonds. The lowest BCUT2D eigenvalue weighted by Gasteiger charge is -2.39. The van der Waals surface area contributed by atoms with Crippen molar-refractivity contribution < 1.29 is 13.9 Å². The van der Waals surface area contributed by atoms with Gasteiger partial charge in [-0.15, -0.1) is 0 Å². The molecule has 0 spiro atoms. The van der Waals surface area contributed by atoms with E-state index >= 15 is 0 Å². The molecule has 4 heterocycles. The van der Waals surface area contributed by atoms with Crippen molar-refractivity contribution in [3.8, 4) is 17.2 Å². The third kappa shape index (κ3) is 3.74. The molecule has 40 heavy (non-hydrogen) atoms. The van der Waals surface area contributed by atoms with Crippen LogP contribution in [0, 0.1) is 6.92 Å². The Kier molecular flexibility index (Phi) is 5.62. The molecule has 0 bridgehead atoms. The molecule has 3 aromatic carbocycles. The fourth-order valence-electron chi connectivity index (χ4n) is 5.29. The van der Waals surface area contributed by atoms with Gasteiger partial charge in [0.15, 0.2) is 17.5 Å². The van der Waals surface area contributed by atoms with Gasteiger partial charge in [-0.25, -0.2) is 14.7 Å². The Morgan fingerprint density at radius 2 is 1.70 bits per heavy atom. The predicted octanol–water partition coefficient (Wildman–Crippen LogP) is 6.59. The number of para-hydroxylation sites is 3. The Morgan fingerprint density at radius 1 is 0.875 bits per heavy atom. The number of fused-ring (bicyclic) bond motifs is 4. The van der Waals surface area contributed by atoms with Crippen LogP contribution in [0.15, 0.2) is 106 Å². The molecule has 0 saturated heterocycles. The number of furan rings is 1. The summed E-state index contributed by atoms with van der Waals surface area (Å²) >= 11 is 0. The number of nitrogens with zero attached hydrogens (tertiary/aromatic N) is 5. The van der Waals surface area contributed by atoms with Gasteiger partial charge in [0.1, 0.15) is 23.3 Å². The number of hydrogen-bond donors (Lipinski definition) is 1. The van der Waals surface area contributed by atoms with Gasteiger partial charge in [-0.2, -0.15) is 5.10 Å². The Hall–Kier alpha value is -5.31. The van der Waals surface area contributed by atoms with Gasteiger partial charge in [-0.05, 0) is 55.5 Å². The summed E-state index contributed by atoms with van der Waals surface area (Å²) in [7, 11) is 3.26. The molecular formula is C31H26N6O3. The summed E-state index contributed by atoms with van der Waals surface area (Å²) in [5.74, 6) is 4.04. The normalized spacial score (nSPS) is 15.4. The summed E-state index contributed by atoms with van der Waals surface area (Å²) in [6.07, 6.45) is 1.70. The Bertz CT molecular complexity index is 1770. The lowest BCUT2D eigenvalue weighted by molar-refractivity contribution is 0.395. The lowest BCUT2D eigenvalue weighted by Crippen LogP contribution is -2.46. The number of benzene rings is 3. The zero-order valence-electron chi connectivity index (χ0n) is 22.2. The van der Waals surface area contributed by atoms with E-state index in [1.165, 1.54) is 0 Å². The number of amidine groups is 2. The van der Waals surface area contributed by atoms with Gasteiger partial charge < -0.3 is 24.1 Å². The molecule has 0 radical (unpaired) electrons. The molecule has 9 heteroatoms. The van der Waals surface area contributed by atoms with Crippen LogP contribution in [0.2, 0.25) is 0 Å². The SMILES string of the molecule is COc1ccc(NC2=Nc3ccccc3N3C2=Nc2c(c(C)nn2-c2ccccc2)[C@@H]3c2ccco2)c(OC)c1. The topological polar surface area (TPSA) is 89.4 Å². The minimum Gasteiger partial charge on any atom is -0.497 e. The van der Waals surface area contributed by atoms with E-state index in [2.05, 4.69) is 16.3 Å². The molecule has 0 fully saturated rings. The lowest BCUT2D eigenvalue weighted by atomic mass is 9.98. The molecule has 2 aromatic heterocycles. The number of aryl methyl sites for hydroxylation is 1. The van der Waals surface area contributed by atoms with E-state index in [1.54, 1.807) is 20.5 Å². The van der Waals surface area contributed by atoms with E-state index in [-0.39, 0.29) is 6.04 Å². The maximum atomic E-state index is 6.05. The quantitative estimate of drug-likeness (QED) is 0.276. The van der Waals surface area contributed by atoms with E-state index in [1.807, 2.05) is 90.5 Å². The standard InChI is InChI=1S/C31H26N6O3/c1-19-27-28(25-14-9-17-40-25)36-24-13-8-7-12-22(24)32-29(33-23-16-15-21(38-2)18-26(23)39-3)31(36)34-30(27)37(35-19)20-10-5-4-6-11-20/h4-18,28H,1-3H3,(H,32,33)/t28-/m0/s1. The van der Waals surface area contributed by atoms with Crippen molar-refractivity contribution in [3.05, 3.63) is 108 Å². The molecule has 1 atom stereocenters. The number of anilines is 2. The van der Waals surface area contributed by atoms with Crippen LogP contribution < -0.4 is 19.7 Å². The minimum atomic E-state index is -0.318. The van der Waals surface area contributed by atoms with Crippen molar-refractivity contribution in [1.29, 1.82) is 0 Å². The van der Waals surface area contributed by atoms with Gasteiger partial charge in [-0.3, -0.25) is 0 Å². The highest BCUT2D eigenvalue weighted by Gasteiger charge is 2.42. The van der Waals surface area contributed by atoms with Crippen molar-refractivity contribution in [2.75, 3.05) is 24.4 Å². The molecule has 2 aliphatic rings. The van der Waals surface area contributed by atoms with Crippen LogP contribution in [0.4, 0.5) is 22.9 Å². The molecule has 7 rings (SSSR count). The van der Waals surface area contributed by atoms with E-state index < -0.39 is 0 Å². The second-order valence-corrected chi connectivity index (χ2v) is 9.43. The smallest absolute Gasteiger partial charge is 0.179 e. The van der Waals surface area contributed by atoms with Gasteiger partial charge >= 0.3 is 0 Å².